The molecule has 7 heteroatoms. The lowest BCUT2D eigenvalue weighted by molar-refractivity contribution is 0.0799. The Morgan fingerprint density at radius 2 is 2.10 bits per heavy atom. The second-order valence-electron chi connectivity index (χ2n) is 4.67. The van der Waals surface area contributed by atoms with Crippen LogP contribution in [0.4, 0.5) is 0 Å². The normalized spacial score (nSPS) is 13.7. The fourth-order valence-electron chi connectivity index (χ4n) is 2.14. The molecule has 0 saturated heterocycles. The molecule has 0 bridgehead atoms. The fraction of sp³-hybridized carbons (Fsp3) is 0.429. The number of hydrogen-bond acceptors (Lipinski definition) is 5. The minimum Gasteiger partial charge on any atom is -0.377 e. The third-order valence-electron chi connectivity index (χ3n) is 3.08. The molecular formula is C14H20N2O3S2. The molecule has 1 aromatic heterocycles. The van der Waals surface area contributed by atoms with Gasteiger partial charge in [-0.2, -0.15) is 0 Å². The highest BCUT2D eigenvalue weighted by Gasteiger charge is 2.24. The first-order chi connectivity index (χ1) is 9.99. The number of ether oxygens (including phenoxy) is 1. The van der Waals surface area contributed by atoms with Gasteiger partial charge in [-0.3, -0.25) is 0 Å². The highest BCUT2D eigenvalue weighted by molar-refractivity contribution is 7.90. The van der Waals surface area contributed by atoms with E-state index in [0.717, 1.165) is 10.1 Å². The molecule has 2 rings (SSSR count). The van der Waals surface area contributed by atoms with Gasteiger partial charge in [-0.05, 0) is 19.9 Å². The molecule has 0 saturated carbocycles. The first kappa shape index (κ1) is 16.4. The first-order valence-electron chi connectivity index (χ1n) is 6.81. The quantitative estimate of drug-likeness (QED) is 0.815. The maximum Gasteiger partial charge on any atom is 0.242 e. The monoisotopic (exact) mass is 328 g/mol. The molecule has 1 heterocycles. The summed E-state index contributed by atoms with van der Waals surface area (Å²) in [5, 5.41) is 0.722. The highest BCUT2D eigenvalue weighted by atomic mass is 32.2. The van der Waals surface area contributed by atoms with Gasteiger partial charge in [-0.1, -0.05) is 18.2 Å². The molecule has 5 nitrogen and oxygen atoms in total. The van der Waals surface area contributed by atoms with Gasteiger partial charge in [0.15, 0.2) is 0 Å². The van der Waals surface area contributed by atoms with E-state index in [1.807, 2.05) is 38.1 Å². The van der Waals surface area contributed by atoms with Crippen molar-refractivity contribution in [3.63, 3.8) is 0 Å². The number of hydrogen-bond donors (Lipinski definition) is 2. The Kier molecular flexibility index (Phi) is 5.34. The summed E-state index contributed by atoms with van der Waals surface area (Å²) in [5.41, 5.74) is 5.71. The molecule has 0 spiro atoms. The van der Waals surface area contributed by atoms with Gasteiger partial charge in [0.05, 0.1) is 6.10 Å². The van der Waals surface area contributed by atoms with Crippen LogP contribution in [0.5, 0.6) is 0 Å². The van der Waals surface area contributed by atoms with Crippen molar-refractivity contribution in [2.45, 2.75) is 31.4 Å². The Morgan fingerprint density at radius 1 is 1.38 bits per heavy atom. The van der Waals surface area contributed by atoms with E-state index >= 15 is 0 Å². The van der Waals surface area contributed by atoms with E-state index < -0.39 is 10.0 Å². The molecule has 2 aromatic rings. The van der Waals surface area contributed by atoms with Gasteiger partial charge in [0.2, 0.25) is 10.0 Å². The van der Waals surface area contributed by atoms with Crippen molar-refractivity contribution in [1.82, 2.24) is 4.72 Å². The predicted octanol–water partition coefficient (Wildman–Crippen LogP) is 2.06. The van der Waals surface area contributed by atoms with Crippen LogP contribution < -0.4 is 10.5 Å². The molecule has 0 radical (unpaired) electrons. The van der Waals surface area contributed by atoms with E-state index in [0.29, 0.717) is 16.4 Å². The van der Waals surface area contributed by atoms with Gasteiger partial charge in [-0.15, -0.1) is 11.3 Å². The lowest BCUT2D eigenvalue weighted by atomic mass is 10.2. The molecule has 1 atom stereocenters. The summed E-state index contributed by atoms with van der Waals surface area (Å²) in [7, 11) is -3.60. The lowest BCUT2D eigenvalue weighted by Gasteiger charge is -2.13. The van der Waals surface area contributed by atoms with Crippen LogP contribution in [0.25, 0.3) is 10.1 Å². The summed E-state index contributed by atoms with van der Waals surface area (Å²) in [6.07, 6.45) is -0.170. The molecule has 0 fully saturated rings. The van der Waals surface area contributed by atoms with Crippen LogP contribution in [0.15, 0.2) is 29.2 Å². The van der Waals surface area contributed by atoms with Crippen LogP contribution in [0.2, 0.25) is 0 Å². The summed E-state index contributed by atoms with van der Waals surface area (Å²) < 4.78 is 34.0. The van der Waals surface area contributed by atoms with Crippen molar-refractivity contribution in [1.29, 1.82) is 0 Å². The average Bonchev–Trinajstić information content (AvgIpc) is 2.85. The topological polar surface area (TPSA) is 81.4 Å². The fourth-order valence-corrected chi connectivity index (χ4v) is 5.09. The van der Waals surface area contributed by atoms with E-state index in [2.05, 4.69) is 4.72 Å². The Balaban J connectivity index is 2.35. The van der Waals surface area contributed by atoms with E-state index in [-0.39, 0.29) is 19.2 Å². The summed E-state index contributed by atoms with van der Waals surface area (Å²) in [6.45, 7) is 4.71. The van der Waals surface area contributed by atoms with Crippen molar-refractivity contribution >= 4 is 31.4 Å². The van der Waals surface area contributed by atoms with Crippen molar-refractivity contribution in [3.05, 3.63) is 29.1 Å². The number of thiophene rings is 1. The second-order valence-corrected chi connectivity index (χ2v) is 7.51. The summed E-state index contributed by atoms with van der Waals surface area (Å²) in [6, 6.07) is 7.43. The van der Waals surface area contributed by atoms with Crippen LogP contribution >= 0.6 is 11.3 Å². The van der Waals surface area contributed by atoms with Gasteiger partial charge in [-0.25, -0.2) is 13.1 Å². The first-order valence-corrected chi connectivity index (χ1v) is 9.11. The maximum atomic E-state index is 12.6. The van der Waals surface area contributed by atoms with Crippen LogP contribution in [-0.2, 0) is 21.3 Å². The Labute approximate surface area is 129 Å². The maximum absolute atomic E-state index is 12.6. The molecule has 3 N–H and O–H groups in total. The average molecular weight is 328 g/mol. The summed E-state index contributed by atoms with van der Waals surface area (Å²) in [4.78, 5) is 0.974. The van der Waals surface area contributed by atoms with Gasteiger partial charge >= 0.3 is 0 Å². The van der Waals surface area contributed by atoms with Gasteiger partial charge in [0, 0.05) is 34.7 Å². The molecule has 116 valence electrons. The highest BCUT2D eigenvalue weighted by Crippen LogP contribution is 2.34. The number of rotatable bonds is 7. The third-order valence-corrected chi connectivity index (χ3v) is 5.96. The van der Waals surface area contributed by atoms with Crippen LogP contribution in [0, 0.1) is 0 Å². The number of benzene rings is 1. The predicted molar refractivity (Wildman–Crippen MR) is 86.0 cm³/mol. The zero-order valence-corrected chi connectivity index (χ0v) is 13.8. The molecule has 1 unspecified atom stereocenters. The van der Waals surface area contributed by atoms with Crippen LogP contribution in [0.3, 0.4) is 0 Å². The largest absolute Gasteiger partial charge is 0.377 e. The Morgan fingerprint density at radius 3 is 2.76 bits per heavy atom. The molecule has 0 aliphatic heterocycles. The zero-order chi connectivity index (χ0) is 15.5. The molecule has 0 aliphatic carbocycles. The van der Waals surface area contributed by atoms with E-state index in [9.17, 15) is 8.42 Å². The Hall–Kier alpha value is -0.990. The second kappa shape index (κ2) is 6.85. The van der Waals surface area contributed by atoms with Crippen molar-refractivity contribution in [2.75, 3.05) is 13.2 Å². The number of sulfonamides is 1. The Bertz CT molecular complexity index is 710. The van der Waals surface area contributed by atoms with Crippen molar-refractivity contribution in [2.24, 2.45) is 5.73 Å². The smallest absolute Gasteiger partial charge is 0.242 e. The molecule has 21 heavy (non-hydrogen) atoms. The lowest BCUT2D eigenvalue weighted by Crippen LogP contribution is -2.32. The molecule has 1 aromatic carbocycles. The number of nitrogens with one attached hydrogen (secondary N) is 1. The SMILES string of the molecule is CCOC(C)CNS(=O)(=O)c1c(CN)sc2ccccc12. The molecular weight excluding hydrogens is 308 g/mol. The minimum atomic E-state index is -3.60. The van der Waals surface area contributed by atoms with Crippen molar-refractivity contribution < 1.29 is 13.2 Å². The van der Waals surface area contributed by atoms with Gasteiger partial charge in [0.1, 0.15) is 4.90 Å². The third kappa shape index (κ3) is 3.61. The van der Waals surface area contributed by atoms with Crippen LogP contribution in [-0.4, -0.2) is 27.7 Å². The van der Waals surface area contributed by atoms with Gasteiger partial charge in [0.25, 0.3) is 0 Å². The standard InChI is InChI=1S/C14H20N2O3S2/c1-3-19-10(2)9-16-21(17,18)14-11-6-4-5-7-12(11)20-13(14)8-15/h4-7,10,16H,3,8-9,15H2,1-2H3. The van der Waals surface area contributed by atoms with E-state index in [1.54, 1.807) is 0 Å². The number of fused-ring (bicyclic) bond motifs is 1. The molecule has 0 amide bonds. The summed E-state index contributed by atoms with van der Waals surface area (Å²) >= 11 is 1.42. The van der Waals surface area contributed by atoms with E-state index in [1.165, 1.54) is 11.3 Å². The minimum absolute atomic E-state index is 0.170. The van der Waals surface area contributed by atoms with E-state index in [4.69, 9.17) is 10.5 Å². The number of nitrogens with two attached hydrogens (primary N) is 1. The van der Waals surface area contributed by atoms with Crippen LogP contribution in [0.1, 0.15) is 18.7 Å². The molecule has 0 aliphatic rings. The zero-order valence-electron chi connectivity index (χ0n) is 12.1. The van der Waals surface area contributed by atoms with Gasteiger partial charge < -0.3 is 10.5 Å². The van der Waals surface area contributed by atoms with Crippen molar-refractivity contribution in [3.8, 4) is 0 Å². The summed E-state index contributed by atoms with van der Waals surface area (Å²) in [5.74, 6) is 0.